The van der Waals surface area contributed by atoms with E-state index < -0.39 is 0 Å². The van der Waals surface area contributed by atoms with E-state index in [0.29, 0.717) is 21.6 Å². The van der Waals surface area contributed by atoms with Gasteiger partial charge < -0.3 is 5.32 Å². The van der Waals surface area contributed by atoms with Gasteiger partial charge in [-0.15, -0.1) is 10.2 Å². The zero-order valence-corrected chi connectivity index (χ0v) is 15.7. The van der Waals surface area contributed by atoms with Crippen molar-refractivity contribution in [1.29, 1.82) is 0 Å². The number of rotatable bonds is 6. The van der Waals surface area contributed by atoms with Gasteiger partial charge in [0.1, 0.15) is 0 Å². The van der Waals surface area contributed by atoms with E-state index in [1.807, 2.05) is 0 Å². The highest BCUT2D eigenvalue weighted by Gasteiger charge is 2.12. The van der Waals surface area contributed by atoms with Gasteiger partial charge in [0, 0.05) is 0 Å². The number of anilines is 1. The Bertz CT molecular complexity index is 680. The summed E-state index contributed by atoms with van der Waals surface area (Å²) in [5, 5.41) is 11.5. The Balaban J connectivity index is 1.91. The molecule has 0 radical (unpaired) electrons. The first-order chi connectivity index (χ1) is 10.5. The fourth-order valence-electron chi connectivity index (χ4n) is 1.38. The summed E-state index contributed by atoms with van der Waals surface area (Å²) in [6, 6.07) is 1.56. The number of thioether (sulfide) groups is 2. The first kappa shape index (κ1) is 17.8. The van der Waals surface area contributed by atoms with Crippen molar-refractivity contribution in [3.63, 3.8) is 0 Å². The maximum absolute atomic E-state index is 12.0. The summed E-state index contributed by atoms with van der Waals surface area (Å²) in [5.74, 6) is 1.26. The van der Waals surface area contributed by atoms with Crippen LogP contribution in [-0.2, 0) is 4.79 Å². The van der Waals surface area contributed by atoms with Gasteiger partial charge in [0.15, 0.2) is 14.5 Å². The molecule has 118 valence electrons. The molecule has 0 unspecified atom stereocenters. The van der Waals surface area contributed by atoms with Gasteiger partial charge in [-0.2, -0.15) is 0 Å². The van der Waals surface area contributed by atoms with Crippen LogP contribution in [0.15, 0.2) is 14.7 Å². The van der Waals surface area contributed by atoms with E-state index in [1.165, 1.54) is 23.1 Å². The summed E-state index contributed by atoms with van der Waals surface area (Å²) in [6.07, 6.45) is 0. The van der Waals surface area contributed by atoms with Gasteiger partial charge in [-0.25, -0.2) is 4.98 Å². The predicted octanol–water partition coefficient (Wildman–Crippen LogP) is 4.39. The van der Waals surface area contributed by atoms with Crippen molar-refractivity contribution in [2.75, 3.05) is 16.8 Å². The van der Waals surface area contributed by atoms with Crippen LogP contribution in [0.4, 0.5) is 5.82 Å². The van der Waals surface area contributed by atoms with E-state index in [0.717, 1.165) is 14.4 Å². The number of nitrogens with one attached hydrogen (secondary N) is 1. The Hall–Kier alpha value is -0.540. The number of amides is 1. The molecular weight excluding hydrogens is 383 g/mol. The van der Waals surface area contributed by atoms with Crippen molar-refractivity contribution in [2.24, 2.45) is 0 Å². The van der Waals surface area contributed by atoms with Gasteiger partial charge in [0.2, 0.25) is 5.91 Å². The number of carbonyl (C=O) groups is 1. The number of nitrogens with zero attached hydrogens (tertiary/aromatic N) is 3. The number of pyridine rings is 1. The molecule has 22 heavy (non-hydrogen) atoms. The summed E-state index contributed by atoms with van der Waals surface area (Å²) >= 11 is 16.4. The third kappa shape index (κ3) is 4.99. The Morgan fingerprint density at radius 3 is 2.64 bits per heavy atom. The molecule has 0 aliphatic rings. The molecule has 0 aliphatic heterocycles. The van der Waals surface area contributed by atoms with Gasteiger partial charge in [0.25, 0.3) is 0 Å². The van der Waals surface area contributed by atoms with Crippen LogP contribution in [-0.4, -0.2) is 32.6 Å². The maximum Gasteiger partial charge on any atom is 0.236 e. The van der Waals surface area contributed by atoms with Crippen LogP contribution < -0.4 is 5.32 Å². The van der Waals surface area contributed by atoms with Crippen molar-refractivity contribution in [3.8, 4) is 0 Å². The molecule has 0 atom stereocenters. The minimum absolute atomic E-state index is 0.207. The summed E-state index contributed by atoms with van der Waals surface area (Å²) in [7, 11) is 0. The van der Waals surface area contributed by atoms with Gasteiger partial charge in [-0.05, 0) is 18.7 Å². The highest BCUT2D eigenvalue weighted by Crippen LogP contribution is 2.29. The van der Waals surface area contributed by atoms with Crippen LogP contribution in [0.5, 0.6) is 0 Å². The zero-order chi connectivity index (χ0) is 16.1. The van der Waals surface area contributed by atoms with Gasteiger partial charge in [-0.3, -0.25) is 4.79 Å². The minimum atomic E-state index is -0.207. The number of hydrogen-bond acceptors (Lipinski definition) is 7. The van der Waals surface area contributed by atoms with E-state index >= 15 is 0 Å². The van der Waals surface area contributed by atoms with E-state index in [4.69, 9.17) is 23.2 Å². The molecule has 1 amide bonds. The smallest absolute Gasteiger partial charge is 0.236 e. The lowest BCUT2D eigenvalue weighted by Gasteiger charge is -2.07. The lowest BCUT2D eigenvalue weighted by Crippen LogP contribution is -2.15. The van der Waals surface area contributed by atoms with Crippen LogP contribution in [0.1, 0.15) is 12.6 Å². The highest BCUT2D eigenvalue weighted by molar-refractivity contribution is 8.03. The predicted molar refractivity (Wildman–Crippen MR) is 94.7 cm³/mol. The molecular formula is C12H12Cl2N4OS3. The van der Waals surface area contributed by atoms with Crippen LogP contribution in [0, 0.1) is 6.92 Å². The molecule has 10 heteroatoms. The van der Waals surface area contributed by atoms with Crippen molar-refractivity contribution in [2.45, 2.75) is 22.5 Å². The molecule has 0 spiro atoms. The van der Waals surface area contributed by atoms with Crippen molar-refractivity contribution >= 4 is 69.8 Å². The molecule has 1 N–H and O–H groups in total. The Morgan fingerprint density at radius 1 is 1.27 bits per heavy atom. The first-order valence-corrected chi connectivity index (χ1v) is 9.75. The molecule has 2 aromatic rings. The average molecular weight is 395 g/mol. The lowest BCUT2D eigenvalue weighted by atomic mass is 10.3. The Labute approximate surface area is 150 Å². The van der Waals surface area contributed by atoms with Gasteiger partial charge in [0.05, 0.1) is 21.5 Å². The standard InChI is InChI=1S/C12H12Cl2N4OS3/c1-3-20-11-17-18-12(22-11)21-5-9(19)16-10-8(14)4-7(13)6(2)15-10/h4H,3,5H2,1-2H3,(H,15,16,19). The third-order valence-electron chi connectivity index (χ3n) is 2.35. The number of aromatic nitrogens is 3. The average Bonchev–Trinajstić information content (AvgIpc) is 2.91. The molecule has 5 nitrogen and oxygen atoms in total. The Kier molecular flexibility index (Phi) is 6.76. The maximum atomic E-state index is 12.0. The normalized spacial score (nSPS) is 10.7. The molecule has 2 aromatic heterocycles. The number of carbonyl (C=O) groups excluding carboxylic acids is 1. The summed E-state index contributed by atoms with van der Waals surface area (Å²) < 4.78 is 1.67. The van der Waals surface area contributed by atoms with Crippen LogP contribution in [0.25, 0.3) is 0 Å². The first-order valence-electron chi connectivity index (χ1n) is 6.21. The third-order valence-corrected chi connectivity index (χ3v) is 6.09. The largest absolute Gasteiger partial charge is 0.309 e. The molecule has 0 saturated heterocycles. The van der Waals surface area contributed by atoms with Crippen LogP contribution in [0.3, 0.4) is 0 Å². The van der Waals surface area contributed by atoms with E-state index in [9.17, 15) is 4.79 Å². The van der Waals surface area contributed by atoms with Crippen molar-refractivity contribution in [3.05, 3.63) is 21.8 Å². The van der Waals surface area contributed by atoms with E-state index in [1.54, 1.807) is 24.8 Å². The van der Waals surface area contributed by atoms with E-state index in [2.05, 4.69) is 27.4 Å². The van der Waals surface area contributed by atoms with Crippen LogP contribution in [0.2, 0.25) is 10.0 Å². The molecule has 0 bridgehead atoms. The number of aryl methyl sites for hydroxylation is 1. The summed E-state index contributed by atoms with van der Waals surface area (Å²) in [4.78, 5) is 16.1. The molecule has 2 heterocycles. The molecule has 0 aromatic carbocycles. The SMILES string of the molecule is CCSc1nnc(SCC(=O)Nc2nc(C)c(Cl)cc2Cl)s1. The Morgan fingerprint density at radius 2 is 1.95 bits per heavy atom. The van der Waals surface area contributed by atoms with Crippen molar-refractivity contribution < 1.29 is 4.79 Å². The summed E-state index contributed by atoms with van der Waals surface area (Å²) in [5.41, 5.74) is 0.611. The number of halogens is 2. The fourth-order valence-corrected chi connectivity index (χ4v) is 4.50. The second kappa shape index (κ2) is 8.35. The lowest BCUT2D eigenvalue weighted by molar-refractivity contribution is -0.113. The molecule has 0 fully saturated rings. The fraction of sp³-hybridized carbons (Fsp3) is 0.333. The summed E-state index contributed by atoms with van der Waals surface area (Å²) in [6.45, 7) is 3.80. The molecule has 0 saturated carbocycles. The number of hydrogen-bond donors (Lipinski definition) is 1. The van der Waals surface area contributed by atoms with Gasteiger partial charge >= 0.3 is 0 Å². The van der Waals surface area contributed by atoms with Gasteiger partial charge in [-0.1, -0.05) is 65.0 Å². The monoisotopic (exact) mass is 394 g/mol. The molecule has 0 aliphatic carbocycles. The highest BCUT2D eigenvalue weighted by atomic mass is 35.5. The second-order valence-electron chi connectivity index (χ2n) is 3.99. The quantitative estimate of drug-likeness (QED) is 0.732. The van der Waals surface area contributed by atoms with Crippen molar-refractivity contribution in [1.82, 2.24) is 15.2 Å². The van der Waals surface area contributed by atoms with E-state index in [-0.39, 0.29) is 11.7 Å². The zero-order valence-electron chi connectivity index (χ0n) is 11.7. The van der Waals surface area contributed by atoms with Crippen LogP contribution >= 0.6 is 58.1 Å². The second-order valence-corrected chi connectivity index (χ2v) is 8.52. The topological polar surface area (TPSA) is 67.8 Å². The minimum Gasteiger partial charge on any atom is -0.309 e. The molecule has 2 rings (SSSR count).